The molecule has 0 saturated heterocycles. The van der Waals surface area contributed by atoms with E-state index in [1.54, 1.807) is 6.92 Å². The highest BCUT2D eigenvalue weighted by atomic mass is 16.6. The van der Waals surface area contributed by atoms with E-state index in [1.807, 2.05) is 0 Å². The molecule has 0 saturated carbocycles. The summed E-state index contributed by atoms with van der Waals surface area (Å²) in [6.45, 7) is 4.84. The van der Waals surface area contributed by atoms with Crippen molar-refractivity contribution in [3.05, 3.63) is 0 Å². The van der Waals surface area contributed by atoms with E-state index in [9.17, 15) is 9.90 Å². The lowest BCUT2D eigenvalue weighted by Crippen LogP contribution is -2.27. The molecule has 34 heavy (non-hydrogen) atoms. The van der Waals surface area contributed by atoms with Crippen molar-refractivity contribution < 1.29 is 19.4 Å². The fraction of sp³-hybridized carbons (Fsp3) is 0.967. The number of ether oxygens (including phenoxy) is 2. The Bertz CT molecular complexity index is 399. The van der Waals surface area contributed by atoms with Crippen LogP contribution in [0, 0.1) is 0 Å². The second-order valence-corrected chi connectivity index (χ2v) is 10.1. The van der Waals surface area contributed by atoms with Crippen molar-refractivity contribution in [2.24, 2.45) is 0 Å². The predicted octanol–water partition coefficient (Wildman–Crippen LogP) is 8.92. The van der Waals surface area contributed by atoms with Gasteiger partial charge in [-0.15, -0.1) is 0 Å². The van der Waals surface area contributed by atoms with E-state index < -0.39 is 6.10 Å². The third-order valence-corrected chi connectivity index (χ3v) is 6.74. The van der Waals surface area contributed by atoms with Crippen LogP contribution in [0.15, 0.2) is 0 Å². The molecule has 1 N–H and O–H groups in total. The van der Waals surface area contributed by atoms with E-state index in [4.69, 9.17) is 9.47 Å². The van der Waals surface area contributed by atoms with E-state index in [0.717, 1.165) is 6.42 Å². The highest BCUT2D eigenvalue weighted by Gasteiger charge is 2.12. The van der Waals surface area contributed by atoms with Crippen molar-refractivity contribution >= 4 is 5.97 Å². The first kappa shape index (κ1) is 33.4. The first-order valence-corrected chi connectivity index (χ1v) is 15.1. The maximum Gasteiger partial charge on any atom is 0.305 e. The zero-order valence-electron chi connectivity index (χ0n) is 23.1. The number of aliphatic hydroxyl groups is 1. The van der Waals surface area contributed by atoms with Gasteiger partial charge in [0.1, 0.15) is 6.10 Å². The standard InChI is InChI=1S/C30H60O4/c1-3-5-6-7-8-9-10-11-12-13-14-15-16-17-18-19-20-21-22-23-24-25-26-33-28-29(27-31)34-30(32)4-2/h29,31H,3-28H2,1-2H3. The van der Waals surface area contributed by atoms with Gasteiger partial charge in [-0.3, -0.25) is 4.79 Å². The molecule has 1 atom stereocenters. The number of hydrogen-bond donors (Lipinski definition) is 1. The maximum atomic E-state index is 11.2. The number of rotatable bonds is 28. The minimum Gasteiger partial charge on any atom is -0.457 e. The number of esters is 1. The molecule has 0 aliphatic carbocycles. The summed E-state index contributed by atoms with van der Waals surface area (Å²) in [6.07, 6.45) is 30.4. The quantitative estimate of drug-likeness (QED) is 0.0889. The van der Waals surface area contributed by atoms with Crippen molar-refractivity contribution in [3.8, 4) is 0 Å². The first-order valence-electron chi connectivity index (χ1n) is 15.1. The maximum absolute atomic E-state index is 11.2. The van der Waals surface area contributed by atoms with Gasteiger partial charge in [0.2, 0.25) is 0 Å². The van der Waals surface area contributed by atoms with Crippen LogP contribution in [0.5, 0.6) is 0 Å². The second kappa shape index (κ2) is 28.6. The smallest absolute Gasteiger partial charge is 0.305 e. The van der Waals surface area contributed by atoms with Gasteiger partial charge < -0.3 is 14.6 Å². The molecule has 0 aromatic rings. The van der Waals surface area contributed by atoms with Gasteiger partial charge in [-0.1, -0.05) is 149 Å². The molecular weight excluding hydrogens is 424 g/mol. The van der Waals surface area contributed by atoms with Crippen LogP contribution in [0.25, 0.3) is 0 Å². The number of carbonyl (C=O) groups excluding carboxylic acids is 1. The van der Waals surface area contributed by atoms with Crippen LogP contribution in [-0.2, 0) is 14.3 Å². The average molecular weight is 485 g/mol. The highest BCUT2D eigenvalue weighted by molar-refractivity contribution is 5.69. The normalized spacial score (nSPS) is 12.2. The SMILES string of the molecule is CCCCCCCCCCCCCCCCCCCCCCCCOCC(CO)OC(=O)CC. The molecule has 0 fully saturated rings. The van der Waals surface area contributed by atoms with Gasteiger partial charge in [-0.25, -0.2) is 0 Å². The van der Waals surface area contributed by atoms with Gasteiger partial charge >= 0.3 is 5.97 Å². The molecule has 4 nitrogen and oxygen atoms in total. The summed E-state index contributed by atoms with van der Waals surface area (Å²) >= 11 is 0. The third kappa shape index (κ3) is 26.0. The fourth-order valence-corrected chi connectivity index (χ4v) is 4.42. The van der Waals surface area contributed by atoms with Crippen LogP contribution in [0.1, 0.15) is 162 Å². The lowest BCUT2D eigenvalue weighted by molar-refractivity contribution is -0.154. The van der Waals surface area contributed by atoms with Crippen LogP contribution < -0.4 is 0 Å². The lowest BCUT2D eigenvalue weighted by atomic mass is 10.0. The molecule has 0 radical (unpaired) electrons. The van der Waals surface area contributed by atoms with Crippen molar-refractivity contribution in [2.75, 3.05) is 19.8 Å². The molecule has 0 aromatic heterocycles. The van der Waals surface area contributed by atoms with Crippen LogP contribution in [-0.4, -0.2) is 37.0 Å². The highest BCUT2D eigenvalue weighted by Crippen LogP contribution is 2.15. The first-order chi connectivity index (χ1) is 16.7. The van der Waals surface area contributed by atoms with E-state index in [1.165, 1.54) is 135 Å². The van der Waals surface area contributed by atoms with Crippen molar-refractivity contribution in [1.82, 2.24) is 0 Å². The summed E-state index contributed by atoms with van der Waals surface area (Å²) in [4.78, 5) is 11.2. The van der Waals surface area contributed by atoms with Crippen LogP contribution >= 0.6 is 0 Å². The van der Waals surface area contributed by atoms with Gasteiger partial charge in [0.05, 0.1) is 13.2 Å². The lowest BCUT2D eigenvalue weighted by Gasteiger charge is -2.15. The predicted molar refractivity (Wildman–Crippen MR) is 145 cm³/mol. The summed E-state index contributed by atoms with van der Waals surface area (Å²) in [6, 6.07) is 0. The van der Waals surface area contributed by atoms with E-state index in [2.05, 4.69) is 6.92 Å². The summed E-state index contributed by atoms with van der Waals surface area (Å²) in [5, 5.41) is 9.20. The van der Waals surface area contributed by atoms with Crippen molar-refractivity contribution in [2.45, 2.75) is 168 Å². The average Bonchev–Trinajstić information content (AvgIpc) is 2.85. The minimum atomic E-state index is -0.521. The van der Waals surface area contributed by atoms with Gasteiger partial charge in [0.25, 0.3) is 0 Å². The zero-order valence-corrected chi connectivity index (χ0v) is 23.1. The fourth-order valence-electron chi connectivity index (χ4n) is 4.42. The Hall–Kier alpha value is -0.610. The monoisotopic (exact) mass is 484 g/mol. The topological polar surface area (TPSA) is 55.8 Å². The van der Waals surface area contributed by atoms with Gasteiger partial charge in [0.15, 0.2) is 0 Å². The van der Waals surface area contributed by atoms with E-state index in [0.29, 0.717) is 19.6 Å². The Balaban J connectivity index is 3.14. The molecule has 1 unspecified atom stereocenters. The Morgan fingerprint density at radius 1 is 0.588 bits per heavy atom. The molecular formula is C30H60O4. The molecule has 0 aromatic carbocycles. The molecule has 0 aliphatic heterocycles. The van der Waals surface area contributed by atoms with Crippen LogP contribution in [0.2, 0.25) is 0 Å². The Kier molecular flexibility index (Phi) is 28.1. The summed E-state index contributed by atoms with van der Waals surface area (Å²) in [7, 11) is 0. The number of unbranched alkanes of at least 4 members (excludes halogenated alkanes) is 21. The molecule has 0 spiro atoms. The number of aliphatic hydroxyl groups excluding tert-OH is 1. The summed E-state index contributed by atoms with van der Waals surface area (Å²) < 4.78 is 10.6. The van der Waals surface area contributed by atoms with Crippen molar-refractivity contribution in [1.29, 1.82) is 0 Å². The molecule has 0 aliphatic rings. The Labute approximate surface area is 213 Å². The number of carbonyl (C=O) groups is 1. The van der Waals surface area contributed by atoms with Crippen LogP contribution in [0.3, 0.4) is 0 Å². The van der Waals surface area contributed by atoms with Crippen molar-refractivity contribution in [3.63, 3.8) is 0 Å². The molecule has 204 valence electrons. The Morgan fingerprint density at radius 2 is 0.941 bits per heavy atom. The van der Waals surface area contributed by atoms with Gasteiger partial charge in [-0.05, 0) is 6.42 Å². The summed E-state index contributed by atoms with van der Waals surface area (Å²) in [5.74, 6) is -0.285. The second-order valence-electron chi connectivity index (χ2n) is 10.1. The van der Waals surface area contributed by atoms with Gasteiger partial charge in [0, 0.05) is 13.0 Å². The molecule has 0 rings (SSSR count). The van der Waals surface area contributed by atoms with Crippen LogP contribution in [0.4, 0.5) is 0 Å². The van der Waals surface area contributed by atoms with Gasteiger partial charge in [-0.2, -0.15) is 0 Å². The molecule has 4 heteroatoms. The van der Waals surface area contributed by atoms with E-state index in [-0.39, 0.29) is 12.6 Å². The van der Waals surface area contributed by atoms with E-state index >= 15 is 0 Å². The number of hydrogen-bond acceptors (Lipinski definition) is 4. The zero-order chi connectivity index (χ0) is 25.0. The molecule has 0 amide bonds. The minimum absolute atomic E-state index is 0.175. The largest absolute Gasteiger partial charge is 0.457 e. The molecule has 0 bridgehead atoms. The Morgan fingerprint density at radius 3 is 1.26 bits per heavy atom. The third-order valence-electron chi connectivity index (χ3n) is 6.74. The summed E-state index contributed by atoms with van der Waals surface area (Å²) in [5.41, 5.74) is 0. The molecule has 0 heterocycles.